The summed E-state index contributed by atoms with van der Waals surface area (Å²) in [6.45, 7) is 7.41. The third-order valence-corrected chi connectivity index (χ3v) is 10.9. The zero-order valence-corrected chi connectivity index (χ0v) is 26.6. The summed E-state index contributed by atoms with van der Waals surface area (Å²) in [4.78, 5) is 59.9. The maximum atomic E-state index is 13.3. The van der Waals surface area contributed by atoms with Gasteiger partial charge in [-0.1, -0.05) is 11.6 Å². The Hall–Kier alpha value is -2.90. The van der Waals surface area contributed by atoms with Crippen molar-refractivity contribution in [1.29, 1.82) is 0 Å². The molecule has 0 bridgehead atoms. The van der Waals surface area contributed by atoms with Gasteiger partial charge in [0.25, 0.3) is 17.7 Å². The van der Waals surface area contributed by atoms with E-state index in [1.807, 2.05) is 0 Å². The number of piperidine rings is 4. The van der Waals surface area contributed by atoms with Crippen molar-refractivity contribution >= 4 is 41.0 Å². The molecular weight excluding hydrogens is 627 g/mol. The van der Waals surface area contributed by atoms with Gasteiger partial charge in [0.2, 0.25) is 0 Å². The summed E-state index contributed by atoms with van der Waals surface area (Å²) in [7, 11) is 0. The number of imide groups is 1. The van der Waals surface area contributed by atoms with Crippen LogP contribution in [0.4, 0.5) is 18.9 Å². The van der Waals surface area contributed by atoms with Crippen LogP contribution in [0.25, 0.3) is 0 Å². The summed E-state index contributed by atoms with van der Waals surface area (Å²) >= 11 is 6.86. The molecule has 4 saturated heterocycles. The first-order chi connectivity index (χ1) is 22.0. The van der Waals surface area contributed by atoms with E-state index in [0.717, 1.165) is 63.1 Å². The van der Waals surface area contributed by atoms with Crippen LogP contribution in [0, 0.1) is 17.8 Å². The number of nitrogens with one attached hydrogen (secondary N) is 1. The van der Waals surface area contributed by atoms with Crippen molar-refractivity contribution in [2.75, 3.05) is 50.7 Å². The number of hydrogen-bond acceptors (Lipinski definition) is 8. The van der Waals surface area contributed by atoms with Crippen LogP contribution in [0.5, 0.6) is 0 Å². The van der Waals surface area contributed by atoms with Crippen LogP contribution >= 0.6 is 11.6 Å². The number of carbonyl (C=O) groups is 4. The zero-order valence-electron chi connectivity index (χ0n) is 25.8. The van der Waals surface area contributed by atoms with E-state index in [1.54, 1.807) is 12.1 Å². The number of halogens is 4. The highest BCUT2D eigenvalue weighted by atomic mass is 35.5. The molecule has 0 spiro atoms. The van der Waals surface area contributed by atoms with Crippen molar-refractivity contribution in [3.63, 3.8) is 0 Å². The minimum atomic E-state index is -5.39. The zero-order chi connectivity index (χ0) is 32.6. The van der Waals surface area contributed by atoms with Crippen LogP contribution in [0.3, 0.4) is 0 Å². The fraction of sp³-hybridized carbons (Fsp3) is 0.688. The van der Waals surface area contributed by atoms with Crippen LogP contribution in [-0.4, -0.2) is 96.6 Å². The molecule has 3 amide bonds. The van der Waals surface area contributed by atoms with E-state index in [1.165, 1.54) is 50.1 Å². The van der Waals surface area contributed by atoms with Crippen molar-refractivity contribution in [2.45, 2.75) is 76.6 Å². The van der Waals surface area contributed by atoms with Gasteiger partial charge in [-0.25, -0.2) is 4.79 Å². The normalized spacial score (nSPS) is 24.6. The molecule has 5 heterocycles. The monoisotopic (exact) mass is 667 g/mol. The molecule has 0 radical (unpaired) electrons. The third kappa shape index (κ3) is 7.01. The highest BCUT2D eigenvalue weighted by molar-refractivity contribution is 6.35. The Morgan fingerprint density at radius 3 is 2.24 bits per heavy atom. The fourth-order valence-corrected chi connectivity index (χ4v) is 8.18. The lowest BCUT2D eigenvalue weighted by molar-refractivity contribution is -0.238. The van der Waals surface area contributed by atoms with E-state index in [0.29, 0.717) is 22.1 Å². The molecule has 1 N–H and O–H groups in total. The number of benzene rings is 1. The molecule has 1 unspecified atom stereocenters. The molecule has 0 aromatic heterocycles. The number of rotatable bonds is 7. The van der Waals surface area contributed by atoms with Gasteiger partial charge in [-0.2, -0.15) is 13.2 Å². The number of alkyl halides is 3. The maximum absolute atomic E-state index is 13.3. The average Bonchev–Trinajstić information content (AvgIpc) is 3.37. The quantitative estimate of drug-likeness (QED) is 0.433. The first kappa shape index (κ1) is 33.0. The van der Waals surface area contributed by atoms with Gasteiger partial charge in [-0.3, -0.25) is 14.4 Å². The largest absolute Gasteiger partial charge is 0.493 e. The summed E-state index contributed by atoms with van der Waals surface area (Å²) < 4.78 is 38.2. The van der Waals surface area contributed by atoms with Crippen LogP contribution in [-0.2, 0) is 25.8 Å². The van der Waals surface area contributed by atoms with Crippen molar-refractivity contribution in [3.05, 3.63) is 28.3 Å². The lowest BCUT2D eigenvalue weighted by Crippen LogP contribution is -2.55. The molecule has 1 atom stereocenters. The molecule has 0 saturated carbocycles. The van der Waals surface area contributed by atoms with Gasteiger partial charge in [0, 0.05) is 43.7 Å². The SMILES string of the molecule is O=C1CCC(N2Cc3c(ccc(N4CCC(CN5CCC(CC6CCNCC6)CC5)CC4)c3Cl)C2=O)C(=O)N1OC(=O)C(F)(F)F. The van der Waals surface area contributed by atoms with Crippen LogP contribution in [0.2, 0.25) is 5.02 Å². The molecule has 46 heavy (non-hydrogen) atoms. The Balaban J connectivity index is 1.02. The molecular formula is C32H41ClF3N5O5. The smallest absolute Gasteiger partial charge is 0.370 e. The summed E-state index contributed by atoms with van der Waals surface area (Å²) in [6.07, 6.45) is 2.80. The first-order valence-corrected chi connectivity index (χ1v) is 16.8. The summed E-state index contributed by atoms with van der Waals surface area (Å²) in [5.74, 6) is -3.12. The lowest BCUT2D eigenvalue weighted by atomic mass is 9.83. The van der Waals surface area contributed by atoms with Gasteiger partial charge in [-0.05, 0) is 107 Å². The molecule has 0 aliphatic carbocycles. The molecule has 1 aromatic rings. The van der Waals surface area contributed by atoms with Gasteiger partial charge in [-0.15, -0.1) is 5.06 Å². The van der Waals surface area contributed by atoms with Gasteiger partial charge in [0.1, 0.15) is 6.04 Å². The Morgan fingerprint density at radius 1 is 0.913 bits per heavy atom. The summed E-state index contributed by atoms with van der Waals surface area (Å²) in [5.41, 5.74) is 1.64. The van der Waals surface area contributed by atoms with Crippen LogP contribution in [0.15, 0.2) is 12.1 Å². The molecule has 5 aliphatic rings. The number of likely N-dealkylation sites (tertiary alicyclic amines) is 1. The summed E-state index contributed by atoms with van der Waals surface area (Å²) in [6, 6.07) is 2.20. The number of hydroxylamine groups is 2. The Bertz CT molecular complexity index is 1340. The minimum Gasteiger partial charge on any atom is -0.370 e. The van der Waals surface area contributed by atoms with E-state index < -0.39 is 35.9 Å². The highest BCUT2D eigenvalue weighted by Crippen LogP contribution is 2.40. The van der Waals surface area contributed by atoms with Gasteiger partial charge >= 0.3 is 12.1 Å². The molecule has 14 heteroatoms. The van der Waals surface area contributed by atoms with Crippen molar-refractivity contribution < 1.29 is 37.2 Å². The fourth-order valence-electron chi connectivity index (χ4n) is 7.83. The van der Waals surface area contributed by atoms with Crippen LogP contribution in [0.1, 0.15) is 73.7 Å². The Labute approximate surface area is 271 Å². The van der Waals surface area contributed by atoms with E-state index in [2.05, 4.69) is 20.0 Å². The molecule has 1 aromatic carbocycles. The van der Waals surface area contributed by atoms with E-state index in [-0.39, 0.29) is 24.4 Å². The standard InChI is InChI=1S/C32H41ClF3N5O5/c33-28-24-19-40(26-3-4-27(42)41(30(26)44)46-31(45)32(34,35)36)29(43)23(24)1-2-25(28)39-15-9-22(10-16-39)18-38-13-7-21(8-14-38)17-20-5-11-37-12-6-20/h1-2,20-22,26,37H,3-19H2. The number of fused-ring (bicyclic) bond motifs is 1. The van der Waals surface area contributed by atoms with Gasteiger partial charge in [0.05, 0.1) is 10.7 Å². The average molecular weight is 668 g/mol. The third-order valence-electron chi connectivity index (χ3n) is 10.5. The molecule has 10 nitrogen and oxygen atoms in total. The van der Waals surface area contributed by atoms with Crippen molar-refractivity contribution in [1.82, 2.24) is 20.2 Å². The number of hydrogen-bond donors (Lipinski definition) is 1. The lowest BCUT2D eigenvalue weighted by Gasteiger charge is -2.39. The second-order valence-corrected chi connectivity index (χ2v) is 13.8. The number of amides is 3. The highest BCUT2D eigenvalue weighted by Gasteiger charge is 2.49. The molecule has 252 valence electrons. The second kappa shape index (κ2) is 13.7. The van der Waals surface area contributed by atoms with Gasteiger partial charge < -0.3 is 24.9 Å². The number of carbonyl (C=O) groups excluding carboxylic acids is 4. The van der Waals surface area contributed by atoms with E-state index in [9.17, 15) is 32.3 Å². The Morgan fingerprint density at radius 2 is 1.57 bits per heavy atom. The topological polar surface area (TPSA) is 102 Å². The second-order valence-electron chi connectivity index (χ2n) is 13.4. The number of anilines is 1. The van der Waals surface area contributed by atoms with E-state index >= 15 is 0 Å². The predicted molar refractivity (Wildman–Crippen MR) is 163 cm³/mol. The maximum Gasteiger partial charge on any atom is 0.493 e. The Kier molecular flexibility index (Phi) is 9.82. The number of nitrogens with zero attached hydrogens (tertiary/aromatic N) is 4. The first-order valence-electron chi connectivity index (χ1n) is 16.5. The van der Waals surface area contributed by atoms with Crippen LogP contribution < -0.4 is 10.2 Å². The predicted octanol–water partition coefficient (Wildman–Crippen LogP) is 4.15. The van der Waals surface area contributed by atoms with Gasteiger partial charge in [0.15, 0.2) is 0 Å². The van der Waals surface area contributed by atoms with Crippen molar-refractivity contribution in [2.24, 2.45) is 17.8 Å². The van der Waals surface area contributed by atoms with Crippen molar-refractivity contribution in [3.8, 4) is 0 Å². The molecule has 6 rings (SSSR count). The molecule has 5 aliphatic heterocycles. The molecule has 4 fully saturated rings. The minimum absolute atomic E-state index is 0.0451. The van der Waals surface area contributed by atoms with E-state index in [4.69, 9.17) is 11.6 Å². The summed E-state index contributed by atoms with van der Waals surface area (Å²) in [5, 5.41) is 3.70.